The number of nitrogens with one attached hydrogen (secondary N) is 2. The van der Waals surface area contributed by atoms with Gasteiger partial charge in [-0.1, -0.05) is 12.1 Å². The molecule has 0 bridgehead atoms. The van der Waals surface area contributed by atoms with Crippen molar-refractivity contribution in [2.75, 3.05) is 18.4 Å². The van der Waals surface area contributed by atoms with Crippen LogP contribution in [0.1, 0.15) is 17.9 Å². The van der Waals surface area contributed by atoms with Crippen molar-refractivity contribution >= 4 is 5.69 Å². The van der Waals surface area contributed by atoms with E-state index in [1.165, 1.54) is 5.56 Å². The SMILES string of the molecule is Oc1cccc2c1NC1CNCCC21. The lowest BCUT2D eigenvalue weighted by Gasteiger charge is -2.26. The Balaban J connectivity index is 2.05. The molecule has 14 heavy (non-hydrogen) atoms. The highest BCUT2D eigenvalue weighted by molar-refractivity contribution is 5.67. The summed E-state index contributed by atoms with van der Waals surface area (Å²) in [5, 5.41) is 16.5. The van der Waals surface area contributed by atoms with E-state index in [1.54, 1.807) is 6.07 Å². The quantitative estimate of drug-likeness (QED) is 0.540. The third-order valence-corrected chi connectivity index (χ3v) is 3.29. The minimum Gasteiger partial charge on any atom is -0.506 e. The number of hydrogen-bond acceptors (Lipinski definition) is 3. The maximum atomic E-state index is 9.70. The van der Waals surface area contributed by atoms with E-state index in [4.69, 9.17) is 0 Å². The van der Waals surface area contributed by atoms with Crippen molar-refractivity contribution in [3.8, 4) is 5.75 Å². The molecule has 3 N–H and O–H groups in total. The number of benzene rings is 1. The Kier molecular flexibility index (Phi) is 1.67. The third-order valence-electron chi connectivity index (χ3n) is 3.29. The van der Waals surface area contributed by atoms with Crippen LogP contribution in [-0.2, 0) is 0 Å². The standard InChI is InChI=1S/C11H14N2O/c14-10-3-1-2-8-7-4-5-12-6-9(7)13-11(8)10/h1-3,7,9,12-14H,4-6H2. The van der Waals surface area contributed by atoms with Gasteiger partial charge in [0.25, 0.3) is 0 Å². The normalized spacial score (nSPS) is 29.1. The molecule has 1 aromatic carbocycles. The molecule has 2 aliphatic rings. The van der Waals surface area contributed by atoms with Gasteiger partial charge in [0.2, 0.25) is 0 Å². The maximum Gasteiger partial charge on any atom is 0.138 e. The summed E-state index contributed by atoms with van der Waals surface area (Å²) >= 11 is 0. The molecular formula is C11H14N2O. The van der Waals surface area contributed by atoms with Gasteiger partial charge in [-0.2, -0.15) is 0 Å². The van der Waals surface area contributed by atoms with E-state index in [9.17, 15) is 5.11 Å². The largest absolute Gasteiger partial charge is 0.506 e. The van der Waals surface area contributed by atoms with E-state index in [0.29, 0.717) is 17.7 Å². The first-order valence-electron chi connectivity index (χ1n) is 5.15. The van der Waals surface area contributed by atoms with Crippen LogP contribution in [0.2, 0.25) is 0 Å². The molecule has 2 aliphatic heterocycles. The molecule has 2 heterocycles. The number of phenols is 1. The van der Waals surface area contributed by atoms with E-state index in [1.807, 2.05) is 6.07 Å². The van der Waals surface area contributed by atoms with Crippen LogP contribution in [0.25, 0.3) is 0 Å². The van der Waals surface area contributed by atoms with Crippen LogP contribution >= 0.6 is 0 Å². The van der Waals surface area contributed by atoms with Crippen molar-refractivity contribution in [1.29, 1.82) is 0 Å². The van der Waals surface area contributed by atoms with Crippen molar-refractivity contribution in [1.82, 2.24) is 5.32 Å². The Morgan fingerprint density at radius 1 is 1.36 bits per heavy atom. The zero-order valence-corrected chi connectivity index (χ0v) is 7.96. The van der Waals surface area contributed by atoms with Crippen molar-refractivity contribution < 1.29 is 5.11 Å². The first-order valence-corrected chi connectivity index (χ1v) is 5.15. The van der Waals surface area contributed by atoms with Crippen molar-refractivity contribution in [2.45, 2.75) is 18.4 Å². The molecule has 3 rings (SSSR count). The van der Waals surface area contributed by atoms with E-state index < -0.39 is 0 Å². The predicted octanol–water partition coefficient (Wildman–Crippen LogP) is 1.26. The van der Waals surface area contributed by atoms with E-state index in [-0.39, 0.29) is 0 Å². The van der Waals surface area contributed by atoms with Crippen LogP contribution in [0.5, 0.6) is 5.75 Å². The third kappa shape index (κ3) is 1.02. The van der Waals surface area contributed by atoms with Gasteiger partial charge in [0.05, 0.1) is 5.69 Å². The highest BCUT2D eigenvalue weighted by Gasteiger charge is 2.34. The van der Waals surface area contributed by atoms with Crippen LogP contribution in [0.15, 0.2) is 18.2 Å². The van der Waals surface area contributed by atoms with Gasteiger partial charge in [-0.25, -0.2) is 0 Å². The molecule has 2 unspecified atom stereocenters. The molecule has 3 nitrogen and oxygen atoms in total. The summed E-state index contributed by atoms with van der Waals surface area (Å²) in [5.74, 6) is 0.968. The van der Waals surface area contributed by atoms with Gasteiger partial charge < -0.3 is 15.7 Å². The summed E-state index contributed by atoms with van der Waals surface area (Å²) in [7, 11) is 0. The highest BCUT2D eigenvalue weighted by atomic mass is 16.3. The fourth-order valence-electron chi connectivity index (χ4n) is 2.59. The van der Waals surface area contributed by atoms with Crippen LogP contribution in [0, 0.1) is 0 Å². The summed E-state index contributed by atoms with van der Waals surface area (Å²) in [6.07, 6.45) is 1.16. The van der Waals surface area contributed by atoms with Gasteiger partial charge in [-0.3, -0.25) is 0 Å². The molecule has 0 amide bonds. The number of rotatable bonds is 0. The lowest BCUT2D eigenvalue weighted by molar-refractivity contribution is 0.439. The molecule has 1 aromatic rings. The fraction of sp³-hybridized carbons (Fsp3) is 0.455. The van der Waals surface area contributed by atoms with Crippen molar-refractivity contribution in [3.63, 3.8) is 0 Å². The summed E-state index contributed by atoms with van der Waals surface area (Å²) in [4.78, 5) is 0. The molecule has 0 saturated carbocycles. The van der Waals surface area contributed by atoms with Crippen LogP contribution in [-0.4, -0.2) is 24.2 Å². The van der Waals surface area contributed by atoms with E-state index in [0.717, 1.165) is 25.2 Å². The number of fused-ring (bicyclic) bond motifs is 3. The summed E-state index contributed by atoms with van der Waals surface area (Å²) in [5.41, 5.74) is 2.24. The lowest BCUT2D eigenvalue weighted by Crippen LogP contribution is -2.40. The topological polar surface area (TPSA) is 44.3 Å². The molecule has 3 heteroatoms. The smallest absolute Gasteiger partial charge is 0.138 e. The second-order valence-electron chi connectivity index (χ2n) is 4.09. The second-order valence-corrected chi connectivity index (χ2v) is 4.09. The number of anilines is 1. The van der Waals surface area contributed by atoms with Gasteiger partial charge in [0, 0.05) is 18.5 Å². The zero-order chi connectivity index (χ0) is 9.54. The average molecular weight is 190 g/mol. The number of aromatic hydroxyl groups is 1. The van der Waals surface area contributed by atoms with Gasteiger partial charge in [-0.05, 0) is 24.6 Å². The Morgan fingerprint density at radius 2 is 2.29 bits per heavy atom. The fourth-order valence-corrected chi connectivity index (χ4v) is 2.59. The van der Waals surface area contributed by atoms with Crippen LogP contribution in [0.3, 0.4) is 0 Å². The van der Waals surface area contributed by atoms with Gasteiger partial charge in [-0.15, -0.1) is 0 Å². The van der Waals surface area contributed by atoms with Crippen LogP contribution < -0.4 is 10.6 Å². The number of phenolic OH excluding ortho intramolecular Hbond substituents is 1. The summed E-state index contributed by atoms with van der Waals surface area (Å²) in [6.45, 7) is 2.08. The number of para-hydroxylation sites is 1. The van der Waals surface area contributed by atoms with E-state index >= 15 is 0 Å². The summed E-state index contributed by atoms with van der Waals surface area (Å²) < 4.78 is 0. The Morgan fingerprint density at radius 3 is 3.21 bits per heavy atom. The van der Waals surface area contributed by atoms with E-state index in [2.05, 4.69) is 16.7 Å². The molecule has 74 valence electrons. The molecule has 0 aliphatic carbocycles. The summed E-state index contributed by atoms with van der Waals surface area (Å²) in [6, 6.07) is 6.27. The Labute approximate surface area is 83.1 Å². The molecular weight excluding hydrogens is 176 g/mol. The second kappa shape index (κ2) is 2.89. The minimum atomic E-state index is 0.386. The Hall–Kier alpha value is -1.22. The first kappa shape index (κ1) is 8.12. The van der Waals surface area contributed by atoms with Crippen molar-refractivity contribution in [2.24, 2.45) is 0 Å². The number of piperidine rings is 1. The van der Waals surface area contributed by atoms with Gasteiger partial charge >= 0.3 is 0 Å². The lowest BCUT2D eigenvalue weighted by atomic mass is 9.89. The number of hydrogen-bond donors (Lipinski definition) is 3. The highest BCUT2D eigenvalue weighted by Crippen LogP contribution is 2.43. The van der Waals surface area contributed by atoms with Crippen LogP contribution in [0.4, 0.5) is 5.69 Å². The molecule has 0 aromatic heterocycles. The zero-order valence-electron chi connectivity index (χ0n) is 7.96. The molecule has 1 fully saturated rings. The Bertz CT molecular complexity index is 364. The molecule has 0 radical (unpaired) electrons. The maximum absolute atomic E-state index is 9.70. The van der Waals surface area contributed by atoms with Crippen molar-refractivity contribution in [3.05, 3.63) is 23.8 Å². The molecule has 1 saturated heterocycles. The minimum absolute atomic E-state index is 0.386. The predicted molar refractivity (Wildman–Crippen MR) is 55.7 cm³/mol. The first-order chi connectivity index (χ1) is 6.86. The van der Waals surface area contributed by atoms with Gasteiger partial charge in [0.15, 0.2) is 0 Å². The molecule has 0 spiro atoms. The molecule has 2 atom stereocenters. The average Bonchev–Trinajstić information content (AvgIpc) is 2.59. The van der Waals surface area contributed by atoms with Gasteiger partial charge in [0.1, 0.15) is 5.75 Å². The monoisotopic (exact) mass is 190 g/mol.